The zero-order valence-electron chi connectivity index (χ0n) is 14.7. The fourth-order valence-electron chi connectivity index (χ4n) is 3.05. The lowest BCUT2D eigenvalue weighted by molar-refractivity contribution is -0.144. The van der Waals surface area contributed by atoms with E-state index in [9.17, 15) is 14.4 Å². The van der Waals surface area contributed by atoms with Crippen LogP contribution in [0.4, 0.5) is 0 Å². The first kappa shape index (κ1) is 20.5. The molecule has 1 aromatic rings. The molecule has 0 N–H and O–H groups in total. The Morgan fingerprint density at radius 1 is 1.19 bits per heavy atom. The predicted molar refractivity (Wildman–Crippen MR) is 97.7 cm³/mol. The van der Waals surface area contributed by atoms with Crippen LogP contribution >= 0.6 is 23.2 Å². The summed E-state index contributed by atoms with van der Waals surface area (Å²) in [4.78, 5) is 38.0. The normalized spacial score (nSPS) is 14.2. The molecule has 0 spiro atoms. The van der Waals surface area contributed by atoms with Gasteiger partial charge in [0.05, 0.1) is 17.2 Å². The highest BCUT2D eigenvalue weighted by Gasteiger charge is 2.32. The molecule has 0 unspecified atom stereocenters. The first-order valence-corrected chi connectivity index (χ1v) is 9.23. The van der Waals surface area contributed by atoms with Gasteiger partial charge in [-0.2, -0.15) is 0 Å². The lowest BCUT2D eigenvalue weighted by atomic mass is 10.1. The van der Waals surface area contributed by atoms with Gasteiger partial charge < -0.3 is 14.4 Å². The third kappa shape index (κ3) is 5.11. The van der Waals surface area contributed by atoms with Gasteiger partial charge in [-0.05, 0) is 31.9 Å². The van der Waals surface area contributed by atoms with Crippen LogP contribution < -0.4 is 4.74 Å². The van der Waals surface area contributed by atoms with Crippen molar-refractivity contribution in [3.05, 3.63) is 27.7 Å². The van der Waals surface area contributed by atoms with E-state index in [1.807, 2.05) is 0 Å². The number of benzene rings is 1. The molecular weight excluding hydrogens is 381 g/mol. The van der Waals surface area contributed by atoms with Crippen molar-refractivity contribution in [3.8, 4) is 5.75 Å². The van der Waals surface area contributed by atoms with Crippen LogP contribution in [0.2, 0.25) is 10.0 Å². The SMILES string of the molecule is CCOC(=O)CN(C(=O)c1cc(Cl)cc(Cl)c1OC(C)=O)C1CCCC1. The summed E-state index contributed by atoms with van der Waals surface area (Å²) < 4.78 is 10.1. The van der Waals surface area contributed by atoms with Gasteiger partial charge in [0.25, 0.3) is 5.91 Å². The van der Waals surface area contributed by atoms with Gasteiger partial charge in [0, 0.05) is 18.0 Å². The van der Waals surface area contributed by atoms with Crippen molar-refractivity contribution in [1.82, 2.24) is 4.90 Å². The number of amides is 1. The first-order chi connectivity index (χ1) is 12.3. The number of halogens is 2. The molecular formula is C18H21Cl2NO5. The fourth-order valence-corrected chi connectivity index (χ4v) is 3.58. The van der Waals surface area contributed by atoms with Crippen molar-refractivity contribution in [2.75, 3.05) is 13.2 Å². The number of carbonyl (C=O) groups is 3. The van der Waals surface area contributed by atoms with Gasteiger partial charge in [-0.3, -0.25) is 14.4 Å². The molecule has 6 nitrogen and oxygen atoms in total. The van der Waals surface area contributed by atoms with Crippen molar-refractivity contribution < 1.29 is 23.9 Å². The summed E-state index contributed by atoms with van der Waals surface area (Å²) in [6, 6.07) is 2.69. The standard InChI is InChI=1S/C18H21Cl2NO5/c1-3-25-16(23)10-21(13-6-4-5-7-13)18(24)14-8-12(19)9-15(20)17(14)26-11(2)22/h8-9,13H,3-7,10H2,1-2H3. The summed E-state index contributed by atoms with van der Waals surface area (Å²) in [6.07, 6.45) is 3.54. The van der Waals surface area contributed by atoms with Gasteiger partial charge in [-0.15, -0.1) is 0 Å². The van der Waals surface area contributed by atoms with Gasteiger partial charge in [-0.1, -0.05) is 36.0 Å². The van der Waals surface area contributed by atoms with E-state index < -0.39 is 17.8 Å². The molecule has 0 radical (unpaired) electrons. The van der Waals surface area contributed by atoms with E-state index in [1.54, 1.807) is 6.92 Å². The van der Waals surface area contributed by atoms with Gasteiger partial charge in [0.15, 0.2) is 5.75 Å². The van der Waals surface area contributed by atoms with Crippen LogP contribution in [0, 0.1) is 0 Å². The molecule has 0 aliphatic heterocycles. The summed E-state index contributed by atoms with van der Waals surface area (Å²) in [7, 11) is 0. The van der Waals surface area contributed by atoms with Crippen molar-refractivity contribution in [3.63, 3.8) is 0 Å². The molecule has 1 aromatic carbocycles. The van der Waals surface area contributed by atoms with Crippen molar-refractivity contribution in [2.24, 2.45) is 0 Å². The third-order valence-corrected chi connectivity index (χ3v) is 4.61. The third-order valence-electron chi connectivity index (χ3n) is 4.12. The molecule has 0 bridgehead atoms. The van der Waals surface area contributed by atoms with Gasteiger partial charge in [-0.25, -0.2) is 0 Å². The zero-order chi connectivity index (χ0) is 19.3. The average Bonchev–Trinajstić information content (AvgIpc) is 3.08. The van der Waals surface area contributed by atoms with E-state index in [4.69, 9.17) is 32.7 Å². The van der Waals surface area contributed by atoms with Crippen LogP contribution in [-0.2, 0) is 14.3 Å². The molecule has 1 aliphatic carbocycles. The number of rotatable bonds is 6. The van der Waals surface area contributed by atoms with Crippen molar-refractivity contribution in [2.45, 2.75) is 45.6 Å². The van der Waals surface area contributed by atoms with Crippen molar-refractivity contribution in [1.29, 1.82) is 0 Å². The molecule has 2 rings (SSSR count). The minimum absolute atomic E-state index is 0.0499. The Labute approximate surface area is 162 Å². The van der Waals surface area contributed by atoms with Crippen LogP contribution in [0.1, 0.15) is 49.9 Å². The monoisotopic (exact) mass is 401 g/mol. The first-order valence-electron chi connectivity index (χ1n) is 8.47. The minimum atomic E-state index is -0.610. The molecule has 1 amide bonds. The molecule has 0 saturated heterocycles. The Hall–Kier alpha value is -1.79. The highest BCUT2D eigenvalue weighted by molar-refractivity contribution is 6.36. The van der Waals surface area contributed by atoms with Crippen molar-refractivity contribution >= 4 is 41.0 Å². The molecule has 26 heavy (non-hydrogen) atoms. The van der Waals surface area contributed by atoms with Gasteiger partial charge in [0.2, 0.25) is 0 Å². The Kier molecular flexibility index (Phi) is 7.29. The summed E-state index contributed by atoms with van der Waals surface area (Å²) >= 11 is 12.2. The maximum absolute atomic E-state index is 13.2. The second-order valence-corrected chi connectivity index (χ2v) is 6.88. The molecule has 0 heterocycles. The minimum Gasteiger partial charge on any atom is -0.465 e. The summed E-state index contributed by atoms with van der Waals surface area (Å²) in [5, 5.41) is 0.287. The number of nitrogens with zero attached hydrogens (tertiary/aromatic N) is 1. The average molecular weight is 402 g/mol. The number of hydrogen-bond donors (Lipinski definition) is 0. The lowest BCUT2D eigenvalue weighted by Crippen LogP contribution is -2.43. The summed E-state index contributed by atoms with van der Waals surface area (Å²) in [6.45, 7) is 2.97. The Bertz CT molecular complexity index is 701. The molecule has 0 atom stereocenters. The van der Waals surface area contributed by atoms with Crippen LogP contribution in [0.3, 0.4) is 0 Å². The van der Waals surface area contributed by atoms with Gasteiger partial charge >= 0.3 is 11.9 Å². The summed E-state index contributed by atoms with van der Waals surface area (Å²) in [5.74, 6) is -1.62. The molecule has 1 fully saturated rings. The van der Waals surface area contributed by atoms with E-state index in [2.05, 4.69) is 0 Å². The summed E-state index contributed by atoms with van der Waals surface area (Å²) in [5.41, 5.74) is 0.0499. The highest BCUT2D eigenvalue weighted by atomic mass is 35.5. The molecule has 1 saturated carbocycles. The van der Waals surface area contributed by atoms with E-state index in [0.29, 0.717) is 0 Å². The molecule has 8 heteroatoms. The molecule has 1 aliphatic rings. The highest BCUT2D eigenvalue weighted by Crippen LogP contribution is 2.35. The van der Waals surface area contributed by atoms with Crippen LogP contribution in [-0.4, -0.2) is 41.9 Å². The van der Waals surface area contributed by atoms with Crippen LogP contribution in [0.5, 0.6) is 5.75 Å². The van der Waals surface area contributed by atoms with Gasteiger partial charge in [0.1, 0.15) is 6.54 Å². The topological polar surface area (TPSA) is 72.9 Å². The van der Waals surface area contributed by atoms with Crippen LogP contribution in [0.15, 0.2) is 12.1 Å². The zero-order valence-corrected chi connectivity index (χ0v) is 16.2. The lowest BCUT2D eigenvalue weighted by Gasteiger charge is -2.28. The largest absolute Gasteiger partial charge is 0.465 e. The number of hydrogen-bond acceptors (Lipinski definition) is 5. The predicted octanol–water partition coefficient (Wildman–Crippen LogP) is 3.87. The van der Waals surface area contributed by atoms with E-state index >= 15 is 0 Å². The number of carbonyl (C=O) groups excluding carboxylic acids is 3. The van der Waals surface area contributed by atoms with E-state index in [-0.39, 0.29) is 40.6 Å². The second-order valence-electron chi connectivity index (χ2n) is 6.03. The Morgan fingerprint density at radius 2 is 1.85 bits per heavy atom. The Morgan fingerprint density at radius 3 is 2.42 bits per heavy atom. The molecule has 0 aromatic heterocycles. The van der Waals surface area contributed by atoms with Crippen LogP contribution in [0.25, 0.3) is 0 Å². The number of esters is 2. The van der Waals surface area contributed by atoms with E-state index in [0.717, 1.165) is 25.7 Å². The maximum atomic E-state index is 13.2. The van der Waals surface area contributed by atoms with E-state index in [1.165, 1.54) is 24.0 Å². The number of ether oxygens (including phenoxy) is 2. The fraction of sp³-hybridized carbons (Fsp3) is 0.500. The Balaban J connectivity index is 2.40. The molecule has 142 valence electrons. The maximum Gasteiger partial charge on any atom is 0.325 e. The smallest absolute Gasteiger partial charge is 0.325 e. The second kappa shape index (κ2) is 9.24. The quantitative estimate of drug-likeness (QED) is 0.534.